The molecule has 0 amide bonds. The quantitative estimate of drug-likeness (QED) is 0.155. The molecule has 2 atom stereocenters. The van der Waals surface area contributed by atoms with E-state index in [0.717, 1.165) is 0 Å². The minimum atomic E-state index is -0.0225. The van der Waals surface area contributed by atoms with Crippen LogP contribution < -0.4 is 0 Å². The second kappa shape index (κ2) is 13.8. The fourth-order valence-electron chi connectivity index (χ4n) is 13.4. The highest BCUT2D eigenvalue weighted by molar-refractivity contribution is 6.19. The molecule has 0 saturated heterocycles. The van der Waals surface area contributed by atoms with Gasteiger partial charge in [-0.3, -0.25) is 0 Å². The zero-order valence-corrected chi connectivity index (χ0v) is 39.3. The summed E-state index contributed by atoms with van der Waals surface area (Å²) in [5, 5.41) is 12.9. The van der Waals surface area contributed by atoms with Gasteiger partial charge in [-0.25, -0.2) is 0 Å². The van der Waals surface area contributed by atoms with Crippen LogP contribution in [0, 0.1) is 0 Å². The number of hydrogen-bond donors (Lipinski definition) is 0. The Morgan fingerprint density at radius 2 is 0.812 bits per heavy atom. The predicted molar refractivity (Wildman–Crippen MR) is 294 cm³/mol. The number of benzene rings is 12. The fraction of sp³-hybridized carbons (Fsp3) is 0.101. The second-order valence-electron chi connectivity index (χ2n) is 20.9. The zero-order chi connectivity index (χ0) is 45.9. The maximum Gasteiger partial charge on any atom is 0.0259 e. The van der Waals surface area contributed by atoms with Crippen LogP contribution in [0.25, 0.3) is 121 Å². The summed E-state index contributed by atoms with van der Waals surface area (Å²) < 4.78 is 0. The number of rotatable bonds is 4. The summed E-state index contributed by atoms with van der Waals surface area (Å²) in [7, 11) is 0. The van der Waals surface area contributed by atoms with E-state index in [1.54, 1.807) is 5.56 Å². The summed E-state index contributed by atoms with van der Waals surface area (Å²) >= 11 is 0. The van der Waals surface area contributed by atoms with Crippen molar-refractivity contribution >= 4 is 53.9 Å². The Kier molecular flexibility index (Phi) is 7.78. The molecule has 12 aromatic rings. The zero-order valence-electron chi connectivity index (χ0n) is 39.3. The van der Waals surface area contributed by atoms with Crippen LogP contribution in [0.15, 0.2) is 212 Å². The highest BCUT2D eigenvalue weighted by atomic mass is 14.6. The van der Waals surface area contributed by atoms with Crippen LogP contribution in [0.3, 0.4) is 0 Å². The van der Waals surface area contributed by atoms with Crippen molar-refractivity contribution in [2.75, 3.05) is 0 Å². The van der Waals surface area contributed by atoms with Crippen LogP contribution in [0.4, 0.5) is 0 Å². The largest absolute Gasteiger partial charge is 0.0619 e. The van der Waals surface area contributed by atoms with Crippen molar-refractivity contribution in [1.82, 2.24) is 0 Å². The highest BCUT2D eigenvalue weighted by Crippen LogP contribution is 2.68. The van der Waals surface area contributed by atoms with Crippen LogP contribution in [-0.2, 0) is 10.8 Å². The lowest BCUT2D eigenvalue weighted by atomic mass is 9.74. The third-order valence-electron chi connectivity index (χ3n) is 17.2. The Labute approximate surface area is 403 Å². The third-order valence-corrected chi connectivity index (χ3v) is 17.2. The van der Waals surface area contributed by atoms with E-state index in [4.69, 9.17) is 0 Å². The van der Waals surface area contributed by atoms with E-state index in [1.165, 1.54) is 143 Å². The Morgan fingerprint density at radius 3 is 1.62 bits per heavy atom. The van der Waals surface area contributed by atoms with Gasteiger partial charge in [0.1, 0.15) is 0 Å². The van der Waals surface area contributed by atoms with E-state index in [-0.39, 0.29) is 10.8 Å². The molecule has 0 saturated carbocycles. The van der Waals surface area contributed by atoms with Crippen LogP contribution in [0.2, 0.25) is 0 Å². The molecule has 0 radical (unpaired) electrons. The summed E-state index contributed by atoms with van der Waals surface area (Å²) in [6, 6.07) is 80.8. The van der Waals surface area contributed by atoms with Gasteiger partial charge in [-0.2, -0.15) is 0 Å². The first-order valence-corrected chi connectivity index (χ1v) is 24.7. The summed E-state index contributed by atoms with van der Waals surface area (Å²) in [4.78, 5) is 0. The van der Waals surface area contributed by atoms with Crippen LogP contribution in [0.1, 0.15) is 61.4 Å². The van der Waals surface area contributed by atoms with E-state index >= 15 is 0 Å². The lowest BCUT2D eigenvalue weighted by Gasteiger charge is -2.29. The average Bonchev–Trinajstić information content (AvgIpc) is 3.98. The van der Waals surface area contributed by atoms with Gasteiger partial charge < -0.3 is 0 Å². The van der Waals surface area contributed by atoms with E-state index in [9.17, 15) is 0 Å². The van der Waals surface area contributed by atoms with Gasteiger partial charge in [-0.05, 0) is 185 Å². The molecule has 0 aromatic heterocycles. The lowest BCUT2D eigenvalue weighted by molar-refractivity contribution is 0.564. The third kappa shape index (κ3) is 5.35. The second-order valence-corrected chi connectivity index (χ2v) is 20.9. The first kappa shape index (κ1) is 39.0. The van der Waals surface area contributed by atoms with Gasteiger partial charge in [-0.15, -0.1) is 0 Å². The molecule has 3 aliphatic carbocycles. The molecule has 0 heterocycles. The average molecular weight is 877 g/mol. The summed E-state index contributed by atoms with van der Waals surface area (Å²) in [5.74, 6) is 0.362. The number of hydrogen-bond acceptors (Lipinski definition) is 0. The SMILES string of the molecule is CC1c2cc(-c3ccc4c(c3)C(C)(C)c3ccccc3-4)ccc2-c2ccc(-c3ccc4ccc5c6cc(-c7cccc(-c8cc9ccccc9c9ccccc89)c7)ccc6ccc5c4c3)c3c2C31C. The predicted octanol–water partition coefficient (Wildman–Crippen LogP) is 18.8. The van der Waals surface area contributed by atoms with E-state index in [1.807, 2.05) is 0 Å². The van der Waals surface area contributed by atoms with Gasteiger partial charge in [-0.1, -0.05) is 210 Å². The molecule has 324 valence electrons. The van der Waals surface area contributed by atoms with Crippen molar-refractivity contribution in [2.45, 2.75) is 44.4 Å². The van der Waals surface area contributed by atoms with Gasteiger partial charge >= 0.3 is 0 Å². The fourth-order valence-corrected chi connectivity index (χ4v) is 13.4. The van der Waals surface area contributed by atoms with Gasteiger partial charge in [0.2, 0.25) is 0 Å². The van der Waals surface area contributed by atoms with Gasteiger partial charge in [0, 0.05) is 10.8 Å². The minimum Gasteiger partial charge on any atom is -0.0619 e. The smallest absolute Gasteiger partial charge is 0.0259 e. The standard InChI is InChI=1S/C69H48/c1-40-60-35-45(46-27-31-58-57-18-9-10-19-64(57)68(2,3)65(58)39-46)26-30-56(60)59-33-32-51(66-67(59)69(40,66)4)49-23-21-42-25-28-54-55(62(42)38-49)29-24-41-20-22-44(36-61(41)54)43-13-11-14-47(34-43)63-37-48-12-5-6-15-50(48)52-16-7-8-17-53(52)63/h5-40H,1-4H3. The van der Waals surface area contributed by atoms with E-state index in [2.05, 4.69) is 240 Å². The van der Waals surface area contributed by atoms with Crippen molar-refractivity contribution in [1.29, 1.82) is 0 Å². The monoisotopic (exact) mass is 876 g/mol. The summed E-state index contributed by atoms with van der Waals surface area (Å²) in [6.45, 7) is 9.72. The Morgan fingerprint density at radius 1 is 0.290 bits per heavy atom. The van der Waals surface area contributed by atoms with Crippen LogP contribution in [-0.4, -0.2) is 0 Å². The molecule has 12 aromatic carbocycles. The molecule has 0 N–H and O–H groups in total. The molecule has 69 heavy (non-hydrogen) atoms. The van der Waals surface area contributed by atoms with Crippen molar-refractivity contribution in [3.63, 3.8) is 0 Å². The molecule has 0 heteroatoms. The molecule has 0 bridgehead atoms. The van der Waals surface area contributed by atoms with Crippen molar-refractivity contribution < 1.29 is 0 Å². The minimum absolute atomic E-state index is 0.000374. The summed E-state index contributed by atoms with van der Waals surface area (Å²) in [5.41, 5.74) is 23.1. The molecule has 0 fully saturated rings. The molecular formula is C69H48. The highest BCUT2D eigenvalue weighted by Gasteiger charge is 2.57. The first-order valence-electron chi connectivity index (χ1n) is 24.7. The van der Waals surface area contributed by atoms with Crippen LogP contribution in [0.5, 0.6) is 0 Å². The molecule has 15 rings (SSSR count). The van der Waals surface area contributed by atoms with Crippen molar-refractivity contribution in [2.24, 2.45) is 0 Å². The lowest BCUT2D eigenvalue weighted by Crippen LogP contribution is -2.17. The van der Waals surface area contributed by atoms with Crippen LogP contribution >= 0.6 is 0 Å². The molecule has 0 spiro atoms. The molecule has 3 aliphatic rings. The van der Waals surface area contributed by atoms with Gasteiger partial charge in [0.05, 0.1) is 0 Å². The molecular weight excluding hydrogens is 829 g/mol. The van der Waals surface area contributed by atoms with E-state index in [0.29, 0.717) is 5.92 Å². The number of fused-ring (bicyclic) bond motifs is 14. The van der Waals surface area contributed by atoms with Crippen molar-refractivity contribution in [3.05, 3.63) is 240 Å². The Bertz CT molecular complexity index is 4250. The Balaban J connectivity index is 0.787. The normalized spacial score (nSPS) is 17.0. The maximum absolute atomic E-state index is 2.51. The Hall–Kier alpha value is -8.06. The molecule has 0 aliphatic heterocycles. The van der Waals surface area contributed by atoms with Gasteiger partial charge in [0.25, 0.3) is 0 Å². The molecule has 2 unspecified atom stereocenters. The molecule has 0 nitrogen and oxygen atoms in total. The van der Waals surface area contributed by atoms with E-state index < -0.39 is 0 Å². The topological polar surface area (TPSA) is 0 Å². The summed E-state index contributed by atoms with van der Waals surface area (Å²) in [6.07, 6.45) is 0. The van der Waals surface area contributed by atoms with Gasteiger partial charge in [0.15, 0.2) is 0 Å². The maximum atomic E-state index is 2.51. The first-order chi connectivity index (χ1) is 33.7. The van der Waals surface area contributed by atoms with Crippen molar-refractivity contribution in [3.8, 4) is 66.8 Å².